The first-order valence-electron chi connectivity index (χ1n) is 4.94. The second-order valence-electron chi connectivity index (χ2n) is 3.77. The topological polar surface area (TPSA) is 18.5 Å². The Kier molecular flexibility index (Phi) is 6.22. The van der Waals surface area contributed by atoms with Gasteiger partial charge >= 0.3 is 34.0 Å². The van der Waals surface area contributed by atoms with E-state index in [4.69, 9.17) is 0 Å². The maximum absolute atomic E-state index is 12.1. The molecule has 0 rings (SSSR count). The predicted octanol–water partition coefficient (Wildman–Crippen LogP) is 3.86. The van der Waals surface area contributed by atoms with Crippen LogP contribution in [0.5, 0.6) is 0 Å². The van der Waals surface area contributed by atoms with Gasteiger partial charge in [0.2, 0.25) is 12.2 Å². The molecule has 0 bridgehead atoms. The first-order chi connectivity index (χ1) is 9.37. The average molecular weight is 378 g/mol. The summed E-state index contributed by atoms with van der Waals surface area (Å²) in [4.78, 5) is 0. The van der Waals surface area contributed by atoms with Crippen LogP contribution in [0.15, 0.2) is 0 Å². The molecule has 0 radical (unpaired) electrons. The van der Waals surface area contributed by atoms with Crippen LogP contribution in [-0.4, -0.2) is 46.2 Å². The molecule has 0 N–H and O–H groups in total. The first-order valence-corrected chi connectivity index (χ1v) is 7.04. The van der Waals surface area contributed by atoms with Gasteiger partial charge in [0.1, 0.15) is 0 Å². The predicted molar refractivity (Wildman–Crippen MR) is 47.0 cm³/mol. The average Bonchev–Trinajstić information content (AvgIpc) is 2.15. The third-order valence-electron chi connectivity index (χ3n) is 1.84. The smallest absolute Gasteiger partial charge is 0.377 e. The van der Waals surface area contributed by atoms with E-state index < -0.39 is 46.2 Å². The van der Waals surface area contributed by atoms with Crippen LogP contribution in [0.3, 0.4) is 0 Å². The second-order valence-corrected chi connectivity index (χ2v) is 5.45. The third-order valence-corrected chi connectivity index (χ3v) is 3.16. The van der Waals surface area contributed by atoms with Crippen LogP contribution in [0.25, 0.3) is 0 Å². The van der Waals surface area contributed by atoms with E-state index in [-0.39, 0.29) is 6.55 Å². The number of rotatable bonds is 4. The minimum atomic E-state index is -6.07. The Morgan fingerprint density at radius 2 is 0.727 bits per heavy atom. The zero-order valence-corrected chi connectivity index (χ0v) is 11.2. The quantitative estimate of drug-likeness (QED) is 0.547. The minimum Gasteiger partial charge on any atom is -0.377 e. The van der Waals surface area contributed by atoms with Crippen LogP contribution in [0, 0.1) is 0 Å². The van der Waals surface area contributed by atoms with Crippen LogP contribution < -0.4 is 0 Å². The molecule has 0 aromatic heterocycles. The fraction of sp³-hybridized carbons (Fsp3) is 1.00. The van der Waals surface area contributed by atoms with Crippen LogP contribution in [-0.2, 0) is 8.85 Å². The highest BCUT2D eigenvalue weighted by atomic mass is 28.3. The zero-order chi connectivity index (χ0) is 18.1. The van der Waals surface area contributed by atoms with Crippen LogP contribution in [0.2, 0.25) is 6.55 Å². The van der Waals surface area contributed by atoms with Crippen molar-refractivity contribution in [2.24, 2.45) is 0 Å². The highest BCUT2D eigenvalue weighted by molar-refractivity contribution is 6.42. The molecule has 15 heteroatoms. The maximum Gasteiger partial charge on any atom is 0.422 e. The van der Waals surface area contributed by atoms with E-state index in [1.807, 2.05) is 0 Å². The van der Waals surface area contributed by atoms with Crippen molar-refractivity contribution >= 4 is 9.28 Å². The van der Waals surface area contributed by atoms with Gasteiger partial charge in [0.15, 0.2) is 0 Å². The molecule has 0 amide bonds. The molecule has 0 unspecified atom stereocenters. The largest absolute Gasteiger partial charge is 0.422 e. The Balaban J connectivity index is 5.15. The molecule has 0 aromatic carbocycles. The second kappa shape index (κ2) is 6.43. The zero-order valence-electron chi connectivity index (χ0n) is 10.1. The highest BCUT2D eigenvalue weighted by Crippen LogP contribution is 2.39. The molecule has 0 aromatic rings. The normalized spacial score (nSPS) is 15.3. The van der Waals surface area contributed by atoms with Gasteiger partial charge in [-0.2, -0.15) is 52.7 Å². The van der Waals surface area contributed by atoms with Crippen LogP contribution in [0.1, 0.15) is 0 Å². The van der Waals surface area contributed by atoms with E-state index in [1.165, 1.54) is 0 Å². The van der Waals surface area contributed by atoms with Gasteiger partial charge in [0, 0.05) is 0 Å². The molecule has 134 valence electrons. The number of hydrogen-bond acceptors (Lipinski definition) is 2. The van der Waals surface area contributed by atoms with Crippen molar-refractivity contribution in [2.75, 3.05) is 0 Å². The first kappa shape index (κ1) is 21.3. The Hall–Kier alpha value is -0.703. The van der Waals surface area contributed by atoms with E-state index >= 15 is 0 Å². The lowest BCUT2D eigenvalue weighted by Crippen LogP contribution is -2.51. The molecule has 0 saturated carbocycles. The van der Waals surface area contributed by atoms with Crippen LogP contribution >= 0.6 is 0 Å². The fourth-order valence-corrected chi connectivity index (χ4v) is 2.54. The Labute approximate surface area is 115 Å². The van der Waals surface area contributed by atoms with E-state index in [2.05, 4.69) is 8.85 Å². The molecule has 22 heavy (non-hydrogen) atoms. The summed E-state index contributed by atoms with van der Waals surface area (Å²) in [7, 11) is -4.60. The molecule has 0 spiro atoms. The fourth-order valence-electron chi connectivity index (χ4n) is 1.10. The molecule has 0 fully saturated rings. The molecule has 0 aliphatic heterocycles. The molecule has 0 aliphatic carbocycles. The third kappa shape index (κ3) is 6.60. The summed E-state index contributed by atoms with van der Waals surface area (Å²) >= 11 is 0. The van der Waals surface area contributed by atoms with Gasteiger partial charge in [-0.05, 0) is 6.55 Å². The van der Waals surface area contributed by atoms with Crippen LogP contribution in [0.4, 0.5) is 52.7 Å². The van der Waals surface area contributed by atoms with Gasteiger partial charge in [-0.3, -0.25) is 0 Å². The summed E-state index contributed by atoms with van der Waals surface area (Å²) in [5, 5.41) is 0. The number of hydrogen-bond donors (Lipinski definition) is 0. The summed E-state index contributed by atoms with van der Waals surface area (Å²) in [6.45, 7) is 0.176. The van der Waals surface area contributed by atoms with Gasteiger partial charge in [0.05, 0.1) is 0 Å². The molecular formula is C7H6F12O2Si. The van der Waals surface area contributed by atoms with E-state index in [0.717, 1.165) is 0 Å². The Bertz CT molecular complexity index is 292. The van der Waals surface area contributed by atoms with Crippen molar-refractivity contribution in [1.82, 2.24) is 0 Å². The molecule has 0 aliphatic rings. The van der Waals surface area contributed by atoms with Crippen molar-refractivity contribution in [3.8, 4) is 0 Å². The van der Waals surface area contributed by atoms with E-state index in [1.54, 1.807) is 0 Å². The van der Waals surface area contributed by atoms with Crippen molar-refractivity contribution in [1.29, 1.82) is 0 Å². The van der Waals surface area contributed by atoms with Crippen molar-refractivity contribution in [3.63, 3.8) is 0 Å². The summed E-state index contributed by atoms with van der Waals surface area (Å²) in [5.41, 5.74) is 0. The van der Waals surface area contributed by atoms with Crippen molar-refractivity contribution < 1.29 is 61.5 Å². The summed E-state index contributed by atoms with van der Waals surface area (Å²) in [6.07, 6.45) is -33.4. The number of halogens is 12. The lowest BCUT2D eigenvalue weighted by molar-refractivity contribution is -0.317. The summed E-state index contributed by atoms with van der Waals surface area (Å²) < 4.78 is 151. The number of alkyl halides is 12. The molecule has 2 nitrogen and oxygen atoms in total. The monoisotopic (exact) mass is 378 g/mol. The lowest BCUT2D eigenvalue weighted by atomic mass is 10.3. The van der Waals surface area contributed by atoms with E-state index in [0.29, 0.717) is 0 Å². The van der Waals surface area contributed by atoms with Gasteiger partial charge < -0.3 is 8.85 Å². The van der Waals surface area contributed by atoms with E-state index in [9.17, 15) is 52.7 Å². The lowest BCUT2D eigenvalue weighted by Gasteiger charge is -2.29. The van der Waals surface area contributed by atoms with Gasteiger partial charge in [0.25, 0.3) is 0 Å². The Morgan fingerprint density at radius 3 is 0.864 bits per heavy atom. The minimum absolute atomic E-state index is 0.176. The molecule has 0 atom stereocenters. The van der Waals surface area contributed by atoms with Crippen molar-refractivity contribution in [3.05, 3.63) is 0 Å². The summed E-state index contributed by atoms with van der Waals surface area (Å²) in [5.74, 6) is 0. The SMILES string of the molecule is C[SiH](OC(C(F)(F)F)C(F)(F)F)OC(C(F)(F)F)C(F)(F)F. The van der Waals surface area contributed by atoms with Gasteiger partial charge in [-0.1, -0.05) is 0 Å². The van der Waals surface area contributed by atoms with Gasteiger partial charge in [-0.15, -0.1) is 0 Å². The standard InChI is InChI=1S/C7H6F12O2Si/c1-22(20-2(4(8,9)10)5(11,12)13)21-3(6(14,15)16)7(17,18)19/h2-3,22H,1H3. The molecule has 0 saturated heterocycles. The van der Waals surface area contributed by atoms with Crippen molar-refractivity contribution in [2.45, 2.75) is 43.5 Å². The summed E-state index contributed by atoms with van der Waals surface area (Å²) in [6, 6.07) is 0. The van der Waals surface area contributed by atoms with Gasteiger partial charge in [-0.25, -0.2) is 0 Å². The highest BCUT2D eigenvalue weighted by Gasteiger charge is 2.61. The molecule has 0 heterocycles. The Morgan fingerprint density at radius 1 is 0.545 bits per heavy atom. The molecular weight excluding hydrogens is 372 g/mol. The maximum atomic E-state index is 12.1.